The summed E-state index contributed by atoms with van der Waals surface area (Å²) in [5.41, 5.74) is 1.57. The van der Waals surface area contributed by atoms with E-state index in [-0.39, 0.29) is 0 Å². The van der Waals surface area contributed by atoms with E-state index in [9.17, 15) is 0 Å². The highest BCUT2D eigenvalue weighted by molar-refractivity contribution is 6.25. The summed E-state index contributed by atoms with van der Waals surface area (Å²) in [7, 11) is 0. The maximum atomic E-state index is 5.43. The molecular weight excluding hydrogens is 208 g/mol. The molecule has 1 saturated heterocycles. The molecule has 0 aromatic carbocycles. The van der Waals surface area contributed by atoms with Gasteiger partial charge in [0.25, 0.3) is 0 Å². The van der Waals surface area contributed by atoms with E-state index in [1.165, 1.54) is 38.8 Å². The average Bonchev–Trinajstić information content (AvgIpc) is 2.25. The third kappa shape index (κ3) is 5.55. The molecule has 0 spiro atoms. The molecule has 0 aliphatic carbocycles. The smallest absolute Gasteiger partial charge is 0.0146 e. The molecule has 1 rings (SSSR count). The van der Waals surface area contributed by atoms with Crippen LogP contribution in [-0.2, 0) is 0 Å². The van der Waals surface area contributed by atoms with Crippen LogP contribution in [0.5, 0.6) is 0 Å². The molecule has 1 N–H and O–H groups in total. The Hall–Kier alpha value is -0.0500. The van der Waals surface area contributed by atoms with Gasteiger partial charge >= 0.3 is 0 Å². The zero-order valence-corrected chi connectivity index (χ0v) is 10.5. The van der Waals surface area contributed by atoms with Gasteiger partial charge in [0.15, 0.2) is 0 Å². The zero-order valence-electron chi connectivity index (χ0n) is 9.71. The number of nitrogens with zero attached hydrogens (tertiary/aromatic N) is 1. The fourth-order valence-electron chi connectivity index (χ4n) is 2.13. The normalized spacial score (nSPS) is 23.7. The minimum atomic E-state index is 0.793. The number of halogens is 1. The van der Waals surface area contributed by atoms with Gasteiger partial charge in [-0.05, 0) is 45.8 Å². The number of nitrogens with one attached hydrogen (secondary N) is 1. The van der Waals surface area contributed by atoms with Gasteiger partial charge in [0.1, 0.15) is 0 Å². The summed E-state index contributed by atoms with van der Waals surface area (Å²) in [6.45, 7) is 6.85. The molecule has 1 unspecified atom stereocenters. The number of hydrogen-bond acceptors (Lipinski definition) is 2. The van der Waals surface area contributed by atoms with Gasteiger partial charge in [-0.3, -0.25) is 0 Å². The van der Waals surface area contributed by atoms with Crippen molar-refractivity contribution in [1.29, 1.82) is 0 Å². The molecule has 0 radical (unpaired) electrons. The van der Waals surface area contributed by atoms with E-state index >= 15 is 0 Å². The van der Waals surface area contributed by atoms with Crippen molar-refractivity contribution in [2.75, 3.05) is 26.2 Å². The van der Waals surface area contributed by atoms with Crippen LogP contribution in [0.15, 0.2) is 11.6 Å². The van der Waals surface area contributed by atoms with E-state index in [4.69, 9.17) is 11.6 Å². The lowest BCUT2D eigenvalue weighted by Crippen LogP contribution is -2.38. The first-order valence-corrected chi connectivity index (χ1v) is 6.48. The third-order valence-corrected chi connectivity index (χ3v) is 3.27. The lowest BCUT2D eigenvalue weighted by molar-refractivity contribution is 0.159. The van der Waals surface area contributed by atoms with Crippen LogP contribution in [-0.4, -0.2) is 37.1 Å². The lowest BCUT2D eigenvalue weighted by Gasteiger charge is -2.33. The summed E-state index contributed by atoms with van der Waals surface area (Å²) < 4.78 is 0. The molecule has 15 heavy (non-hydrogen) atoms. The van der Waals surface area contributed by atoms with Crippen LogP contribution < -0.4 is 5.32 Å². The van der Waals surface area contributed by atoms with Crippen molar-refractivity contribution in [3.05, 3.63) is 11.6 Å². The fraction of sp³-hybridized carbons (Fsp3) is 0.833. The van der Waals surface area contributed by atoms with Gasteiger partial charge in [0, 0.05) is 18.1 Å². The maximum absolute atomic E-state index is 5.43. The van der Waals surface area contributed by atoms with Crippen molar-refractivity contribution >= 4 is 11.6 Å². The van der Waals surface area contributed by atoms with E-state index in [0.717, 1.165) is 19.1 Å². The summed E-state index contributed by atoms with van der Waals surface area (Å²) in [4.78, 5) is 2.61. The van der Waals surface area contributed by atoms with Gasteiger partial charge in [-0.1, -0.05) is 24.1 Å². The molecule has 1 fully saturated rings. The SMILES string of the molecule is CC1CCCCN1CCCNC/C=C/Cl. The number of likely N-dealkylation sites (tertiary alicyclic amines) is 1. The predicted octanol–water partition coefficient (Wildman–Crippen LogP) is 2.59. The van der Waals surface area contributed by atoms with Gasteiger partial charge in [0.2, 0.25) is 0 Å². The Morgan fingerprint density at radius 3 is 3.07 bits per heavy atom. The van der Waals surface area contributed by atoms with Gasteiger partial charge < -0.3 is 10.2 Å². The van der Waals surface area contributed by atoms with E-state index in [2.05, 4.69) is 17.1 Å². The van der Waals surface area contributed by atoms with E-state index in [0.29, 0.717) is 0 Å². The minimum absolute atomic E-state index is 0.793. The van der Waals surface area contributed by atoms with E-state index in [1.54, 1.807) is 5.54 Å². The Balaban J connectivity index is 1.98. The molecular formula is C12H23ClN2. The molecule has 1 aliphatic heterocycles. The highest BCUT2D eigenvalue weighted by atomic mass is 35.5. The quantitative estimate of drug-likeness (QED) is 0.706. The van der Waals surface area contributed by atoms with Gasteiger partial charge in [-0.2, -0.15) is 0 Å². The van der Waals surface area contributed by atoms with Gasteiger partial charge in [-0.15, -0.1) is 0 Å². The van der Waals surface area contributed by atoms with Crippen molar-refractivity contribution < 1.29 is 0 Å². The summed E-state index contributed by atoms with van der Waals surface area (Å²) in [6, 6.07) is 0.793. The Labute approximate surface area is 98.7 Å². The number of piperidine rings is 1. The molecule has 0 saturated carbocycles. The van der Waals surface area contributed by atoms with Crippen LogP contribution in [0.2, 0.25) is 0 Å². The van der Waals surface area contributed by atoms with Crippen LogP contribution >= 0.6 is 11.6 Å². The van der Waals surface area contributed by atoms with Crippen molar-refractivity contribution in [3.63, 3.8) is 0 Å². The van der Waals surface area contributed by atoms with Crippen molar-refractivity contribution in [2.24, 2.45) is 0 Å². The molecule has 0 amide bonds. The van der Waals surface area contributed by atoms with Crippen LogP contribution in [0.1, 0.15) is 32.6 Å². The number of hydrogen-bond donors (Lipinski definition) is 1. The monoisotopic (exact) mass is 230 g/mol. The van der Waals surface area contributed by atoms with Crippen molar-refractivity contribution in [1.82, 2.24) is 10.2 Å². The molecule has 0 aromatic rings. The summed E-state index contributed by atoms with van der Waals surface area (Å²) in [5.74, 6) is 0. The Morgan fingerprint density at radius 2 is 2.33 bits per heavy atom. The van der Waals surface area contributed by atoms with Crippen LogP contribution in [0.25, 0.3) is 0 Å². The standard InChI is InChI=1S/C12H23ClN2/c1-12-6-2-3-10-15(12)11-5-9-14-8-4-7-13/h4,7,12,14H,2-3,5-6,8-11H2,1H3/b7-4+. The second-order valence-electron chi connectivity index (χ2n) is 4.30. The zero-order chi connectivity index (χ0) is 10.9. The van der Waals surface area contributed by atoms with Gasteiger partial charge in [0.05, 0.1) is 0 Å². The highest BCUT2D eigenvalue weighted by Crippen LogP contribution is 2.15. The Bertz CT molecular complexity index is 182. The molecule has 88 valence electrons. The van der Waals surface area contributed by atoms with Crippen LogP contribution in [0.4, 0.5) is 0 Å². The summed E-state index contributed by atoms with van der Waals surface area (Å²) in [5, 5.41) is 3.34. The molecule has 0 bridgehead atoms. The first kappa shape index (κ1) is 13.0. The maximum Gasteiger partial charge on any atom is 0.0146 e. The minimum Gasteiger partial charge on any atom is -0.313 e. The molecule has 1 heterocycles. The van der Waals surface area contributed by atoms with Crippen LogP contribution in [0, 0.1) is 0 Å². The van der Waals surface area contributed by atoms with E-state index < -0.39 is 0 Å². The van der Waals surface area contributed by atoms with Gasteiger partial charge in [-0.25, -0.2) is 0 Å². The molecule has 1 atom stereocenters. The second kappa shape index (κ2) is 8.14. The lowest BCUT2D eigenvalue weighted by atomic mass is 10.0. The molecule has 1 aliphatic rings. The predicted molar refractivity (Wildman–Crippen MR) is 67.4 cm³/mol. The van der Waals surface area contributed by atoms with Crippen molar-refractivity contribution in [2.45, 2.75) is 38.6 Å². The summed E-state index contributed by atoms with van der Waals surface area (Å²) >= 11 is 5.43. The second-order valence-corrected chi connectivity index (χ2v) is 4.55. The Kier molecular flexibility index (Phi) is 7.07. The molecule has 2 nitrogen and oxygen atoms in total. The topological polar surface area (TPSA) is 15.3 Å². The van der Waals surface area contributed by atoms with Crippen LogP contribution in [0.3, 0.4) is 0 Å². The first-order valence-electron chi connectivity index (χ1n) is 6.04. The largest absolute Gasteiger partial charge is 0.313 e. The molecule has 3 heteroatoms. The third-order valence-electron chi connectivity index (χ3n) is 3.09. The average molecular weight is 231 g/mol. The Morgan fingerprint density at radius 1 is 1.47 bits per heavy atom. The van der Waals surface area contributed by atoms with Crippen molar-refractivity contribution in [3.8, 4) is 0 Å². The first-order chi connectivity index (χ1) is 7.34. The highest BCUT2D eigenvalue weighted by Gasteiger charge is 2.16. The summed E-state index contributed by atoms with van der Waals surface area (Å²) in [6.07, 6.45) is 7.34. The number of rotatable bonds is 6. The molecule has 0 aromatic heterocycles. The fourth-order valence-corrected chi connectivity index (χ4v) is 2.22. The van der Waals surface area contributed by atoms with E-state index in [1.807, 2.05) is 6.08 Å².